The Morgan fingerprint density at radius 3 is 2.69 bits per heavy atom. The van der Waals surface area contributed by atoms with Crippen LogP contribution in [0.4, 0.5) is 0 Å². The Morgan fingerprint density at radius 1 is 1.17 bits per heavy atom. The average Bonchev–Trinajstić information content (AvgIpc) is 3.25. The highest BCUT2D eigenvalue weighted by atomic mass is 32.1. The van der Waals surface area contributed by atoms with E-state index in [9.17, 15) is 0 Å². The Morgan fingerprint density at radius 2 is 1.93 bits per heavy atom. The fourth-order valence-corrected chi connectivity index (χ4v) is 4.39. The molecule has 1 fully saturated rings. The number of nitrogens with zero attached hydrogens (tertiary/aromatic N) is 5. The SMILES string of the molecule is Cc1nn(-c2ccccc2)c(C)c1/C=N/n1c(CCC2CCCCC2)n[nH]c1=S. The second-order valence-corrected chi connectivity index (χ2v) is 8.26. The van der Waals surface area contributed by atoms with Crippen LogP contribution in [-0.4, -0.2) is 30.9 Å². The Hall–Kier alpha value is -2.54. The number of hydrogen-bond acceptors (Lipinski definition) is 4. The molecule has 0 atom stereocenters. The van der Waals surface area contributed by atoms with E-state index >= 15 is 0 Å². The van der Waals surface area contributed by atoms with Crippen molar-refractivity contribution in [2.24, 2.45) is 11.0 Å². The zero-order chi connectivity index (χ0) is 20.2. The van der Waals surface area contributed by atoms with Gasteiger partial charge in [-0.05, 0) is 50.5 Å². The molecule has 29 heavy (non-hydrogen) atoms. The third kappa shape index (κ3) is 4.40. The lowest BCUT2D eigenvalue weighted by Crippen LogP contribution is -2.09. The molecule has 1 aliphatic carbocycles. The molecule has 1 aliphatic rings. The number of para-hydroxylation sites is 1. The van der Waals surface area contributed by atoms with Crippen LogP contribution >= 0.6 is 12.2 Å². The first-order valence-electron chi connectivity index (χ1n) is 10.5. The van der Waals surface area contributed by atoms with E-state index in [1.165, 1.54) is 32.1 Å². The standard InChI is InChI=1S/C22H28N6S/c1-16-20(17(2)27(26-16)19-11-7-4-8-12-19)15-23-28-21(24-25-22(28)29)14-13-18-9-5-3-6-10-18/h4,7-8,11-12,15,18H,3,5-6,9-10,13-14H2,1-2H3,(H,25,29)/b23-15+. The summed E-state index contributed by atoms with van der Waals surface area (Å²) in [6, 6.07) is 10.1. The van der Waals surface area contributed by atoms with Crippen LogP contribution in [-0.2, 0) is 6.42 Å². The van der Waals surface area contributed by atoms with Crippen molar-refractivity contribution in [3.63, 3.8) is 0 Å². The maximum atomic E-state index is 5.42. The summed E-state index contributed by atoms with van der Waals surface area (Å²) in [4.78, 5) is 0. The molecule has 3 aromatic rings. The molecule has 0 unspecified atom stereocenters. The molecule has 0 saturated heterocycles. The molecule has 0 bridgehead atoms. The Labute approximate surface area is 176 Å². The number of aromatic nitrogens is 5. The van der Waals surface area contributed by atoms with Crippen molar-refractivity contribution in [2.45, 2.75) is 58.8 Å². The van der Waals surface area contributed by atoms with Crippen LogP contribution in [0.3, 0.4) is 0 Å². The molecule has 0 spiro atoms. The van der Waals surface area contributed by atoms with Crippen molar-refractivity contribution >= 4 is 18.4 Å². The van der Waals surface area contributed by atoms with Gasteiger partial charge in [0.25, 0.3) is 0 Å². The molecule has 2 heterocycles. The fourth-order valence-electron chi connectivity index (χ4n) is 4.19. The Bertz CT molecular complexity index is 1040. The number of benzene rings is 1. The first-order chi connectivity index (χ1) is 14.1. The smallest absolute Gasteiger partial charge is 0.216 e. The monoisotopic (exact) mass is 408 g/mol. The summed E-state index contributed by atoms with van der Waals surface area (Å²) in [6.07, 6.45) is 10.7. The van der Waals surface area contributed by atoms with Gasteiger partial charge in [0.15, 0.2) is 5.82 Å². The molecule has 0 radical (unpaired) electrons. The number of nitrogens with one attached hydrogen (secondary N) is 1. The molecular formula is C22H28N6S. The molecular weight excluding hydrogens is 380 g/mol. The largest absolute Gasteiger partial charge is 0.250 e. The Kier molecular flexibility index (Phi) is 6.04. The van der Waals surface area contributed by atoms with E-state index in [0.717, 1.165) is 47.2 Å². The topological polar surface area (TPSA) is 63.8 Å². The summed E-state index contributed by atoms with van der Waals surface area (Å²) in [5.41, 5.74) is 4.04. The van der Waals surface area contributed by atoms with E-state index in [4.69, 9.17) is 12.2 Å². The zero-order valence-corrected chi connectivity index (χ0v) is 18.0. The number of H-pyrrole nitrogens is 1. The molecule has 152 valence electrons. The summed E-state index contributed by atoms with van der Waals surface area (Å²) in [5, 5.41) is 16.7. The van der Waals surface area contributed by atoms with Crippen LogP contribution in [0, 0.1) is 24.5 Å². The van der Waals surface area contributed by atoms with Crippen molar-refractivity contribution in [3.05, 3.63) is 57.9 Å². The fraction of sp³-hybridized carbons (Fsp3) is 0.455. The summed E-state index contributed by atoms with van der Waals surface area (Å²) in [5.74, 6) is 1.71. The Balaban J connectivity index is 1.55. The van der Waals surface area contributed by atoms with Crippen LogP contribution in [0.15, 0.2) is 35.4 Å². The van der Waals surface area contributed by atoms with Crippen LogP contribution in [0.1, 0.15) is 61.3 Å². The van der Waals surface area contributed by atoms with E-state index in [0.29, 0.717) is 4.77 Å². The molecule has 7 heteroatoms. The molecule has 1 N–H and O–H groups in total. The molecule has 2 aromatic heterocycles. The van der Waals surface area contributed by atoms with Gasteiger partial charge in [0.2, 0.25) is 4.77 Å². The number of rotatable bonds is 6. The third-order valence-corrected chi connectivity index (χ3v) is 6.13. The van der Waals surface area contributed by atoms with Gasteiger partial charge < -0.3 is 0 Å². The van der Waals surface area contributed by atoms with E-state index in [2.05, 4.69) is 39.5 Å². The van der Waals surface area contributed by atoms with E-state index < -0.39 is 0 Å². The van der Waals surface area contributed by atoms with E-state index in [1.807, 2.05) is 36.0 Å². The molecule has 6 nitrogen and oxygen atoms in total. The minimum atomic E-state index is 0.533. The number of aromatic amines is 1. The predicted molar refractivity (Wildman–Crippen MR) is 118 cm³/mol. The first kappa shape index (κ1) is 19.8. The van der Waals surface area contributed by atoms with Gasteiger partial charge in [-0.25, -0.2) is 4.68 Å². The molecule has 1 aromatic carbocycles. The van der Waals surface area contributed by atoms with Crippen LogP contribution in [0.5, 0.6) is 0 Å². The van der Waals surface area contributed by atoms with Gasteiger partial charge in [-0.2, -0.15) is 20.0 Å². The highest BCUT2D eigenvalue weighted by Gasteiger charge is 2.16. The van der Waals surface area contributed by atoms with Crippen molar-refractivity contribution in [1.82, 2.24) is 24.7 Å². The quantitative estimate of drug-likeness (QED) is 0.454. The average molecular weight is 409 g/mol. The minimum absolute atomic E-state index is 0.533. The van der Waals surface area contributed by atoms with Crippen molar-refractivity contribution < 1.29 is 0 Å². The molecule has 0 aliphatic heterocycles. The normalized spacial score (nSPS) is 15.4. The van der Waals surface area contributed by atoms with Gasteiger partial charge in [-0.1, -0.05) is 50.3 Å². The summed E-state index contributed by atoms with van der Waals surface area (Å²) in [7, 11) is 0. The van der Waals surface area contributed by atoms with Crippen molar-refractivity contribution in [3.8, 4) is 5.69 Å². The van der Waals surface area contributed by atoms with Gasteiger partial charge in [0.05, 0.1) is 23.3 Å². The van der Waals surface area contributed by atoms with Gasteiger partial charge in [-0.3, -0.25) is 5.10 Å². The highest BCUT2D eigenvalue weighted by molar-refractivity contribution is 7.71. The van der Waals surface area contributed by atoms with Crippen LogP contribution in [0.2, 0.25) is 0 Å². The van der Waals surface area contributed by atoms with E-state index in [1.54, 1.807) is 4.68 Å². The van der Waals surface area contributed by atoms with Gasteiger partial charge >= 0.3 is 0 Å². The van der Waals surface area contributed by atoms with Crippen LogP contribution < -0.4 is 0 Å². The van der Waals surface area contributed by atoms with Crippen molar-refractivity contribution in [2.75, 3.05) is 0 Å². The lowest BCUT2D eigenvalue weighted by Gasteiger charge is -2.20. The number of aryl methyl sites for hydroxylation is 2. The third-order valence-electron chi connectivity index (χ3n) is 5.87. The summed E-state index contributed by atoms with van der Waals surface area (Å²) in [6.45, 7) is 4.07. The minimum Gasteiger partial charge on any atom is -0.250 e. The summed E-state index contributed by atoms with van der Waals surface area (Å²) < 4.78 is 4.25. The van der Waals surface area contributed by atoms with E-state index in [-0.39, 0.29) is 0 Å². The highest BCUT2D eigenvalue weighted by Crippen LogP contribution is 2.27. The van der Waals surface area contributed by atoms with Gasteiger partial charge in [-0.15, -0.1) is 0 Å². The maximum Gasteiger partial charge on any atom is 0.216 e. The molecule has 0 amide bonds. The predicted octanol–water partition coefficient (Wildman–Crippen LogP) is 5.14. The second kappa shape index (κ2) is 8.86. The second-order valence-electron chi connectivity index (χ2n) is 7.88. The van der Waals surface area contributed by atoms with Gasteiger partial charge in [0, 0.05) is 12.0 Å². The molecule has 4 rings (SSSR count). The zero-order valence-electron chi connectivity index (χ0n) is 17.1. The van der Waals surface area contributed by atoms with Crippen molar-refractivity contribution in [1.29, 1.82) is 0 Å². The number of hydrogen-bond donors (Lipinski definition) is 1. The summed E-state index contributed by atoms with van der Waals surface area (Å²) >= 11 is 5.42. The maximum absolute atomic E-state index is 5.42. The first-order valence-corrected chi connectivity index (χ1v) is 10.9. The lowest BCUT2D eigenvalue weighted by molar-refractivity contribution is 0.336. The van der Waals surface area contributed by atoms with Gasteiger partial charge in [0.1, 0.15) is 0 Å². The van der Waals surface area contributed by atoms with Crippen LogP contribution in [0.25, 0.3) is 5.69 Å². The lowest BCUT2D eigenvalue weighted by atomic mass is 9.86. The molecule has 1 saturated carbocycles.